The molecule has 3 aromatic carbocycles. The van der Waals surface area contributed by atoms with Gasteiger partial charge in [0.15, 0.2) is 18.2 Å². The summed E-state index contributed by atoms with van der Waals surface area (Å²) in [6.45, 7) is 2.28. The second kappa shape index (κ2) is 11.3. The van der Waals surface area contributed by atoms with Crippen LogP contribution in [0.15, 0.2) is 76.0 Å². The normalized spacial score (nSPS) is 11.2. The van der Waals surface area contributed by atoms with Crippen molar-refractivity contribution in [3.63, 3.8) is 0 Å². The number of rotatable bonds is 10. The van der Waals surface area contributed by atoms with Gasteiger partial charge in [0.05, 0.1) is 6.61 Å². The number of benzene rings is 3. The van der Waals surface area contributed by atoms with Crippen LogP contribution in [0.2, 0.25) is 0 Å². The highest BCUT2D eigenvalue weighted by Gasteiger charge is 2.21. The highest BCUT2D eigenvalue weighted by molar-refractivity contribution is 5.95. The summed E-state index contributed by atoms with van der Waals surface area (Å²) in [5, 5.41) is 29.5. The zero-order chi connectivity index (χ0) is 26.4. The molecule has 0 fully saturated rings. The Kier molecular flexibility index (Phi) is 7.78. The fourth-order valence-corrected chi connectivity index (χ4v) is 3.59. The third kappa shape index (κ3) is 6.10. The molecule has 3 N–H and O–H groups in total. The fraction of sp³-hybridized carbons (Fsp3) is 0.172. The minimum atomic E-state index is -0.711. The van der Waals surface area contributed by atoms with Crippen LogP contribution >= 0.6 is 0 Å². The molecule has 37 heavy (non-hydrogen) atoms. The maximum absolute atomic E-state index is 13.2. The number of fused-ring (bicyclic) bond motifs is 1. The molecule has 0 bridgehead atoms. The van der Waals surface area contributed by atoms with Crippen LogP contribution in [0.5, 0.6) is 28.7 Å². The number of phenols is 3. The summed E-state index contributed by atoms with van der Waals surface area (Å²) in [4.78, 5) is 25.7. The Balaban J connectivity index is 1.56. The van der Waals surface area contributed by atoms with E-state index >= 15 is 0 Å². The van der Waals surface area contributed by atoms with Gasteiger partial charge in [-0.3, -0.25) is 9.59 Å². The molecule has 8 heteroatoms. The molecule has 0 saturated heterocycles. The lowest BCUT2D eigenvalue weighted by Gasteiger charge is -2.12. The first-order valence-electron chi connectivity index (χ1n) is 11.7. The molecule has 1 aromatic heterocycles. The minimum Gasteiger partial charge on any atom is -0.508 e. The lowest BCUT2D eigenvalue weighted by Crippen LogP contribution is -2.15. The number of aromatic hydroxyl groups is 3. The van der Waals surface area contributed by atoms with Gasteiger partial charge in [-0.15, -0.1) is 0 Å². The van der Waals surface area contributed by atoms with Crippen LogP contribution in [0.4, 0.5) is 0 Å². The highest BCUT2D eigenvalue weighted by Crippen LogP contribution is 2.36. The third-order valence-corrected chi connectivity index (χ3v) is 5.51. The summed E-state index contributed by atoms with van der Waals surface area (Å²) >= 11 is 0. The lowest BCUT2D eigenvalue weighted by atomic mass is 10.1. The van der Waals surface area contributed by atoms with Gasteiger partial charge in [0.1, 0.15) is 34.0 Å². The molecular formula is C29H26O8. The number of ketones is 1. The van der Waals surface area contributed by atoms with Crippen molar-refractivity contribution in [1.82, 2.24) is 0 Å². The number of hydrogen-bond acceptors (Lipinski definition) is 8. The average molecular weight is 503 g/mol. The number of carbonyl (C=O) groups is 1. The summed E-state index contributed by atoms with van der Waals surface area (Å²) in [5.74, 6) is -0.729. The lowest BCUT2D eigenvalue weighted by molar-refractivity contribution is -0.116. The average Bonchev–Trinajstić information content (AvgIpc) is 2.87. The molecule has 0 spiro atoms. The SMILES string of the molecule is CCCCOc1ccc(/C=C/C(=O)COc2c(-c3ccc(O)cc3)oc3cc(O)cc(O)c3c2=O)cc1. The fourth-order valence-electron chi connectivity index (χ4n) is 3.59. The van der Waals surface area contributed by atoms with Gasteiger partial charge in [0.25, 0.3) is 0 Å². The Morgan fingerprint density at radius 2 is 1.68 bits per heavy atom. The predicted molar refractivity (Wildman–Crippen MR) is 139 cm³/mol. The smallest absolute Gasteiger partial charge is 0.239 e. The van der Waals surface area contributed by atoms with E-state index in [1.807, 2.05) is 24.3 Å². The molecule has 0 saturated carbocycles. The molecule has 1 heterocycles. The van der Waals surface area contributed by atoms with Crippen molar-refractivity contribution in [1.29, 1.82) is 0 Å². The van der Waals surface area contributed by atoms with E-state index in [-0.39, 0.29) is 34.0 Å². The van der Waals surface area contributed by atoms with E-state index in [2.05, 4.69) is 6.92 Å². The molecule has 0 aliphatic rings. The summed E-state index contributed by atoms with van der Waals surface area (Å²) in [6.07, 6.45) is 4.99. The van der Waals surface area contributed by atoms with Crippen LogP contribution in [-0.4, -0.2) is 34.3 Å². The van der Waals surface area contributed by atoms with Crippen LogP contribution < -0.4 is 14.9 Å². The van der Waals surface area contributed by atoms with E-state index < -0.39 is 23.6 Å². The van der Waals surface area contributed by atoms with Crippen LogP contribution in [-0.2, 0) is 4.79 Å². The van der Waals surface area contributed by atoms with Gasteiger partial charge in [-0.05, 0) is 54.5 Å². The van der Waals surface area contributed by atoms with Crippen molar-refractivity contribution in [3.8, 4) is 40.1 Å². The van der Waals surface area contributed by atoms with Gasteiger partial charge in [-0.1, -0.05) is 31.6 Å². The van der Waals surface area contributed by atoms with Gasteiger partial charge in [0, 0.05) is 17.7 Å². The topological polar surface area (TPSA) is 126 Å². The zero-order valence-corrected chi connectivity index (χ0v) is 20.1. The molecule has 4 rings (SSSR count). The van der Waals surface area contributed by atoms with E-state index in [0.717, 1.165) is 30.2 Å². The van der Waals surface area contributed by atoms with Gasteiger partial charge < -0.3 is 29.2 Å². The van der Waals surface area contributed by atoms with E-state index in [1.54, 1.807) is 6.08 Å². The molecule has 0 aliphatic carbocycles. The third-order valence-electron chi connectivity index (χ3n) is 5.51. The molecule has 0 unspecified atom stereocenters. The summed E-state index contributed by atoms with van der Waals surface area (Å²) < 4.78 is 17.0. The Morgan fingerprint density at radius 1 is 0.946 bits per heavy atom. The Hall–Kier alpha value is -4.72. The van der Waals surface area contributed by atoms with Crippen molar-refractivity contribution < 1.29 is 34.0 Å². The Bertz CT molecular complexity index is 1480. The van der Waals surface area contributed by atoms with Crippen LogP contribution in [0, 0.1) is 0 Å². The standard InChI is InChI=1S/C29H26O8/c1-2-3-14-35-23-12-5-18(6-13-23)4-9-21(31)17-36-29-27(34)26-24(33)15-22(32)16-25(26)37-28(29)19-7-10-20(30)11-8-19/h4-13,15-16,30,32-33H,2-3,14,17H2,1H3/b9-4+. The van der Waals surface area contributed by atoms with Gasteiger partial charge >= 0.3 is 0 Å². The molecule has 0 amide bonds. The molecule has 0 atom stereocenters. The number of ether oxygens (including phenoxy) is 2. The summed E-state index contributed by atoms with van der Waals surface area (Å²) in [7, 11) is 0. The highest BCUT2D eigenvalue weighted by atomic mass is 16.5. The number of hydrogen-bond donors (Lipinski definition) is 3. The van der Waals surface area contributed by atoms with Gasteiger partial charge in [-0.25, -0.2) is 0 Å². The van der Waals surface area contributed by atoms with Crippen molar-refractivity contribution in [2.45, 2.75) is 19.8 Å². The quantitative estimate of drug-likeness (QED) is 0.194. The number of carbonyl (C=O) groups excluding carboxylic acids is 1. The first kappa shape index (κ1) is 25.4. The van der Waals surface area contributed by atoms with Crippen molar-refractivity contribution in [2.24, 2.45) is 0 Å². The largest absolute Gasteiger partial charge is 0.508 e. The first-order valence-corrected chi connectivity index (χ1v) is 11.7. The molecule has 0 radical (unpaired) electrons. The van der Waals surface area contributed by atoms with Crippen molar-refractivity contribution in [3.05, 3.63) is 82.5 Å². The monoisotopic (exact) mass is 502 g/mol. The van der Waals surface area contributed by atoms with E-state index in [4.69, 9.17) is 13.9 Å². The van der Waals surface area contributed by atoms with Crippen LogP contribution in [0.25, 0.3) is 28.4 Å². The van der Waals surface area contributed by atoms with Crippen LogP contribution in [0.1, 0.15) is 25.3 Å². The summed E-state index contributed by atoms with van der Waals surface area (Å²) in [6, 6.07) is 15.3. The maximum Gasteiger partial charge on any atom is 0.239 e. The van der Waals surface area contributed by atoms with E-state index in [9.17, 15) is 24.9 Å². The number of phenolic OH excluding ortho intramolecular Hbond substituents is 3. The molecule has 4 aromatic rings. The Labute approximate surface area is 212 Å². The van der Waals surface area contributed by atoms with E-state index in [0.29, 0.717) is 12.2 Å². The predicted octanol–water partition coefficient (Wildman–Crippen LogP) is 5.42. The van der Waals surface area contributed by atoms with Gasteiger partial charge in [0.2, 0.25) is 11.2 Å². The van der Waals surface area contributed by atoms with Crippen molar-refractivity contribution >= 4 is 22.8 Å². The first-order chi connectivity index (χ1) is 17.9. The minimum absolute atomic E-state index is 0.00510. The maximum atomic E-state index is 13.2. The Morgan fingerprint density at radius 3 is 2.38 bits per heavy atom. The van der Waals surface area contributed by atoms with E-state index in [1.165, 1.54) is 36.4 Å². The van der Waals surface area contributed by atoms with Crippen LogP contribution in [0.3, 0.4) is 0 Å². The molecule has 0 aliphatic heterocycles. The number of unbranched alkanes of at least 4 members (excludes halogenated alkanes) is 1. The second-order valence-electron chi connectivity index (χ2n) is 8.33. The summed E-state index contributed by atoms with van der Waals surface area (Å²) in [5.41, 5.74) is 0.401. The zero-order valence-electron chi connectivity index (χ0n) is 20.1. The van der Waals surface area contributed by atoms with Crippen molar-refractivity contribution in [2.75, 3.05) is 13.2 Å². The molecule has 190 valence electrons. The second-order valence-corrected chi connectivity index (χ2v) is 8.33. The molecule has 8 nitrogen and oxygen atoms in total. The van der Waals surface area contributed by atoms with Gasteiger partial charge in [-0.2, -0.15) is 0 Å². The molecular weight excluding hydrogens is 476 g/mol.